The number of piperidine rings is 1. The van der Waals surface area contributed by atoms with Gasteiger partial charge in [-0.05, 0) is 31.4 Å². The van der Waals surface area contributed by atoms with Gasteiger partial charge in [-0.15, -0.1) is 17.5 Å². The maximum atomic E-state index is 5.35. The van der Waals surface area contributed by atoms with Crippen LogP contribution in [0.2, 0.25) is 0 Å². The van der Waals surface area contributed by atoms with Crippen LogP contribution in [0.5, 0.6) is 0 Å². The van der Waals surface area contributed by atoms with Crippen LogP contribution in [-0.4, -0.2) is 38.0 Å². The normalized spacial score (nSPS) is 17.2. The molecule has 132 valence electrons. The van der Waals surface area contributed by atoms with Gasteiger partial charge in [0.1, 0.15) is 6.33 Å². The van der Waals surface area contributed by atoms with Crippen LogP contribution < -0.4 is 5.32 Å². The van der Waals surface area contributed by atoms with E-state index in [-0.39, 0.29) is 12.4 Å². The summed E-state index contributed by atoms with van der Waals surface area (Å²) in [7, 11) is 0. The largest absolute Gasteiger partial charge is 0.330 e. The molecule has 1 atom stereocenters. The fourth-order valence-electron chi connectivity index (χ4n) is 2.93. The van der Waals surface area contributed by atoms with E-state index >= 15 is 0 Å². The van der Waals surface area contributed by atoms with Crippen molar-refractivity contribution < 1.29 is 4.52 Å². The zero-order chi connectivity index (χ0) is 16.4. The number of aryl methyl sites for hydroxylation is 1. The maximum Gasteiger partial charge on any atom is 0.297 e. The van der Waals surface area contributed by atoms with Gasteiger partial charge in [-0.3, -0.25) is 0 Å². The predicted molar refractivity (Wildman–Crippen MR) is 96.5 cm³/mol. The van der Waals surface area contributed by atoms with Gasteiger partial charge in [0.25, 0.3) is 5.89 Å². The third-order valence-electron chi connectivity index (χ3n) is 4.39. The Kier molecular flexibility index (Phi) is 5.45. The van der Waals surface area contributed by atoms with E-state index in [0.717, 1.165) is 37.9 Å². The molecule has 2 aromatic heterocycles. The molecule has 3 aromatic rings. The zero-order valence-electron chi connectivity index (χ0n) is 14.1. The van der Waals surface area contributed by atoms with Gasteiger partial charge in [0.15, 0.2) is 0 Å². The fraction of sp³-hybridized carbons (Fsp3) is 0.412. The third kappa shape index (κ3) is 3.72. The Hall–Kier alpha value is -2.25. The highest BCUT2D eigenvalue weighted by Gasteiger charge is 2.19. The molecule has 0 bridgehead atoms. The van der Waals surface area contributed by atoms with E-state index in [1.807, 2.05) is 16.8 Å². The second-order valence-electron chi connectivity index (χ2n) is 6.02. The first-order chi connectivity index (χ1) is 11.8. The Morgan fingerprint density at radius 3 is 2.80 bits per heavy atom. The summed E-state index contributed by atoms with van der Waals surface area (Å²) in [6.45, 7) is 4.12. The second kappa shape index (κ2) is 7.76. The van der Waals surface area contributed by atoms with Gasteiger partial charge in [-0.25, -0.2) is 9.67 Å². The Labute approximate surface area is 152 Å². The monoisotopic (exact) mass is 360 g/mol. The van der Waals surface area contributed by atoms with Crippen LogP contribution in [-0.2, 0) is 6.42 Å². The zero-order valence-corrected chi connectivity index (χ0v) is 14.9. The van der Waals surface area contributed by atoms with Crippen LogP contribution in [0.1, 0.15) is 31.4 Å². The summed E-state index contributed by atoms with van der Waals surface area (Å²) in [6, 6.07) is 8.51. The minimum atomic E-state index is 0. The molecule has 1 fully saturated rings. The van der Waals surface area contributed by atoms with E-state index in [2.05, 4.69) is 44.6 Å². The molecule has 7 nitrogen and oxygen atoms in total. The number of rotatable bonds is 4. The minimum absolute atomic E-state index is 0. The van der Waals surface area contributed by atoms with Crippen molar-refractivity contribution in [2.24, 2.45) is 0 Å². The molecular formula is C17H21ClN6O. The van der Waals surface area contributed by atoms with Crippen molar-refractivity contribution in [2.45, 2.75) is 32.2 Å². The quantitative estimate of drug-likeness (QED) is 0.770. The second-order valence-corrected chi connectivity index (χ2v) is 6.02. The SMILES string of the molecule is CCc1ccc(-c2noc(-c3ncn(C4CCCNC4)n3)n2)cc1.Cl. The first-order valence-corrected chi connectivity index (χ1v) is 8.38. The van der Waals surface area contributed by atoms with Crippen molar-refractivity contribution in [1.29, 1.82) is 0 Å². The molecule has 1 N–H and O–H groups in total. The van der Waals surface area contributed by atoms with Gasteiger partial charge in [-0.2, -0.15) is 4.98 Å². The van der Waals surface area contributed by atoms with Crippen LogP contribution >= 0.6 is 12.4 Å². The Morgan fingerprint density at radius 1 is 1.24 bits per heavy atom. The molecule has 8 heteroatoms. The number of halogens is 1. The molecule has 1 aromatic carbocycles. The number of nitrogens with one attached hydrogen (secondary N) is 1. The van der Waals surface area contributed by atoms with Crippen molar-refractivity contribution in [3.8, 4) is 23.1 Å². The van der Waals surface area contributed by atoms with Gasteiger partial charge >= 0.3 is 0 Å². The van der Waals surface area contributed by atoms with Gasteiger partial charge < -0.3 is 9.84 Å². The standard InChI is InChI=1S/C17H20N6O.ClH/c1-2-12-5-7-13(8-6-12)15-20-17(24-22-15)16-19-11-23(21-16)14-4-3-9-18-10-14;/h5-8,11,14,18H,2-4,9-10H2,1H3;1H. The van der Waals surface area contributed by atoms with E-state index in [1.165, 1.54) is 5.56 Å². The summed E-state index contributed by atoms with van der Waals surface area (Å²) < 4.78 is 7.24. The highest BCUT2D eigenvalue weighted by Crippen LogP contribution is 2.22. The summed E-state index contributed by atoms with van der Waals surface area (Å²) in [6.07, 6.45) is 5.01. The first-order valence-electron chi connectivity index (χ1n) is 8.38. The Morgan fingerprint density at radius 2 is 2.08 bits per heavy atom. The molecule has 1 unspecified atom stereocenters. The lowest BCUT2D eigenvalue weighted by atomic mass is 10.1. The maximum absolute atomic E-state index is 5.35. The minimum Gasteiger partial charge on any atom is -0.330 e. The summed E-state index contributed by atoms with van der Waals surface area (Å²) in [4.78, 5) is 8.76. The number of nitrogens with zero attached hydrogens (tertiary/aromatic N) is 5. The average Bonchev–Trinajstić information content (AvgIpc) is 3.32. The van der Waals surface area contributed by atoms with E-state index in [4.69, 9.17) is 4.52 Å². The van der Waals surface area contributed by atoms with Crippen LogP contribution in [0.25, 0.3) is 23.1 Å². The molecule has 1 aliphatic rings. The molecule has 0 amide bonds. The number of benzene rings is 1. The topological polar surface area (TPSA) is 81.7 Å². The van der Waals surface area contributed by atoms with Gasteiger partial charge in [0.2, 0.25) is 11.6 Å². The molecule has 0 saturated carbocycles. The van der Waals surface area contributed by atoms with Crippen LogP contribution in [0.3, 0.4) is 0 Å². The molecule has 25 heavy (non-hydrogen) atoms. The lowest BCUT2D eigenvalue weighted by molar-refractivity contribution is 0.345. The van der Waals surface area contributed by atoms with E-state index < -0.39 is 0 Å². The molecule has 1 saturated heterocycles. The molecular weight excluding hydrogens is 340 g/mol. The summed E-state index contributed by atoms with van der Waals surface area (Å²) in [5, 5.41) is 11.9. The smallest absolute Gasteiger partial charge is 0.297 e. The lowest BCUT2D eigenvalue weighted by Crippen LogP contribution is -2.31. The van der Waals surface area contributed by atoms with Crippen LogP contribution in [0.4, 0.5) is 0 Å². The Balaban J connectivity index is 0.00000182. The molecule has 4 rings (SSSR count). The van der Waals surface area contributed by atoms with Gasteiger partial charge in [-0.1, -0.05) is 36.3 Å². The number of hydrogen-bond acceptors (Lipinski definition) is 6. The Bertz CT molecular complexity index is 807. The third-order valence-corrected chi connectivity index (χ3v) is 4.39. The van der Waals surface area contributed by atoms with Gasteiger partial charge in [0.05, 0.1) is 6.04 Å². The predicted octanol–water partition coefficient (Wildman–Crippen LogP) is 2.90. The van der Waals surface area contributed by atoms with Crippen molar-refractivity contribution in [3.63, 3.8) is 0 Å². The summed E-state index contributed by atoms with van der Waals surface area (Å²) in [5.74, 6) is 1.39. The van der Waals surface area contributed by atoms with Crippen LogP contribution in [0.15, 0.2) is 35.1 Å². The molecule has 0 radical (unpaired) electrons. The average molecular weight is 361 g/mol. The van der Waals surface area contributed by atoms with Crippen molar-refractivity contribution in [1.82, 2.24) is 30.2 Å². The highest BCUT2D eigenvalue weighted by atomic mass is 35.5. The number of aromatic nitrogens is 5. The van der Waals surface area contributed by atoms with Crippen LogP contribution in [0, 0.1) is 0 Å². The number of hydrogen-bond donors (Lipinski definition) is 1. The first kappa shape index (κ1) is 17.6. The van der Waals surface area contributed by atoms with E-state index in [9.17, 15) is 0 Å². The van der Waals surface area contributed by atoms with Crippen molar-refractivity contribution in [3.05, 3.63) is 36.2 Å². The highest BCUT2D eigenvalue weighted by molar-refractivity contribution is 5.85. The van der Waals surface area contributed by atoms with E-state index in [0.29, 0.717) is 23.6 Å². The lowest BCUT2D eigenvalue weighted by Gasteiger charge is -2.22. The van der Waals surface area contributed by atoms with E-state index in [1.54, 1.807) is 6.33 Å². The summed E-state index contributed by atoms with van der Waals surface area (Å²) >= 11 is 0. The van der Waals surface area contributed by atoms with Gasteiger partial charge in [0, 0.05) is 12.1 Å². The fourth-order valence-corrected chi connectivity index (χ4v) is 2.93. The molecule has 0 spiro atoms. The van der Waals surface area contributed by atoms with Crippen molar-refractivity contribution in [2.75, 3.05) is 13.1 Å². The summed E-state index contributed by atoms with van der Waals surface area (Å²) in [5.41, 5.74) is 2.21. The molecule has 3 heterocycles. The molecule has 0 aliphatic carbocycles. The van der Waals surface area contributed by atoms with Crippen molar-refractivity contribution >= 4 is 12.4 Å². The molecule has 1 aliphatic heterocycles.